The van der Waals surface area contributed by atoms with E-state index in [9.17, 15) is 9.59 Å². The summed E-state index contributed by atoms with van der Waals surface area (Å²) in [5.74, 6) is 0.193. The predicted molar refractivity (Wildman–Crippen MR) is 93.2 cm³/mol. The molecule has 1 amide bonds. The number of amides is 1. The van der Waals surface area contributed by atoms with Gasteiger partial charge in [-0.15, -0.1) is 0 Å². The minimum Gasteiger partial charge on any atom is -0.494 e. The summed E-state index contributed by atoms with van der Waals surface area (Å²) < 4.78 is 10.7. The van der Waals surface area contributed by atoms with E-state index in [1.54, 1.807) is 48.5 Å². The van der Waals surface area contributed by atoms with Crippen molar-refractivity contribution >= 4 is 11.9 Å². The topological polar surface area (TPSA) is 84.9 Å². The van der Waals surface area contributed by atoms with Crippen LogP contribution in [-0.4, -0.2) is 36.7 Å². The van der Waals surface area contributed by atoms with Crippen LogP contribution in [0.3, 0.4) is 0 Å². The van der Waals surface area contributed by atoms with Crippen LogP contribution in [-0.2, 0) is 11.2 Å². The zero-order valence-corrected chi connectivity index (χ0v) is 14.0. The van der Waals surface area contributed by atoms with E-state index in [4.69, 9.17) is 14.6 Å². The maximum atomic E-state index is 11.8. The van der Waals surface area contributed by atoms with Gasteiger partial charge in [-0.25, -0.2) is 4.79 Å². The molecule has 0 radical (unpaired) electrons. The summed E-state index contributed by atoms with van der Waals surface area (Å²) in [4.78, 5) is 22.6. The summed E-state index contributed by atoms with van der Waals surface area (Å²) in [6, 6.07) is 13.7. The smallest absolute Gasteiger partial charge is 0.335 e. The molecule has 0 aliphatic carbocycles. The lowest BCUT2D eigenvalue weighted by Crippen LogP contribution is -2.30. The largest absolute Gasteiger partial charge is 0.494 e. The van der Waals surface area contributed by atoms with E-state index in [1.165, 1.54) is 0 Å². The Balaban J connectivity index is 1.69. The van der Waals surface area contributed by atoms with Gasteiger partial charge in [0.25, 0.3) is 5.91 Å². The van der Waals surface area contributed by atoms with E-state index in [0.29, 0.717) is 25.3 Å². The highest BCUT2D eigenvalue weighted by molar-refractivity contribution is 5.87. The van der Waals surface area contributed by atoms with Crippen molar-refractivity contribution in [1.82, 2.24) is 5.32 Å². The lowest BCUT2D eigenvalue weighted by atomic mass is 10.1. The first-order valence-corrected chi connectivity index (χ1v) is 8.03. The van der Waals surface area contributed by atoms with Crippen LogP contribution in [0.25, 0.3) is 0 Å². The monoisotopic (exact) mass is 343 g/mol. The minimum absolute atomic E-state index is 0.0636. The molecule has 6 heteroatoms. The molecule has 2 aromatic rings. The number of carboxylic acid groups (broad SMARTS) is 1. The van der Waals surface area contributed by atoms with Crippen molar-refractivity contribution in [3.63, 3.8) is 0 Å². The molecular weight excluding hydrogens is 322 g/mol. The molecule has 0 saturated heterocycles. The molecule has 0 saturated carbocycles. The summed E-state index contributed by atoms with van der Waals surface area (Å²) in [7, 11) is 0. The second-order valence-corrected chi connectivity index (χ2v) is 5.30. The van der Waals surface area contributed by atoms with Crippen molar-refractivity contribution in [3.05, 3.63) is 59.7 Å². The van der Waals surface area contributed by atoms with Crippen LogP contribution < -0.4 is 14.8 Å². The van der Waals surface area contributed by atoms with Gasteiger partial charge in [-0.2, -0.15) is 0 Å². The van der Waals surface area contributed by atoms with Crippen molar-refractivity contribution in [2.24, 2.45) is 0 Å². The van der Waals surface area contributed by atoms with Gasteiger partial charge in [-0.1, -0.05) is 12.1 Å². The summed E-state index contributed by atoms with van der Waals surface area (Å²) in [6.45, 7) is 2.90. The normalized spacial score (nSPS) is 10.1. The van der Waals surface area contributed by atoms with Gasteiger partial charge in [0, 0.05) is 6.54 Å². The summed E-state index contributed by atoms with van der Waals surface area (Å²) in [6.07, 6.45) is 0.620. The van der Waals surface area contributed by atoms with Crippen LogP contribution in [0.4, 0.5) is 0 Å². The van der Waals surface area contributed by atoms with E-state index < -0.39 is 5.97 Å². The predicted octanol–water partition coefficient (Wildman–Crippen LogP) is 2.52. The molecule has 0 fully saturated rings. The highest BCUT2D eigenvalue weighted by Gasteiger charge is 2.04. The van der Waals surface area contributed by atoms with Gasteiger partial charge in [0.2, 0.25) is 0 Å². The quantitative estimate of drug-likeness (QED) is 0.731. The third-order valence-electron chi connectivity index (χ3n) is 3.44. The van der Waals surface area contributed by atoms with Crippen LogP contribution >= 0.6 is 0 Å². The Morgan fingerprint density at radius 1 is 0.960 bits per heavy atom. The Hall–Kier alpha value is -3.02. The fraction of sp³-hybridized carbons (Fsp3) is 0.263. The number of nitrogens with one attached hydrogen (secondary N) is 1. The first-order valence-electron chi connectivity index (χ1n) is 8.03. The Bertz CT molecular complexity index is 695. The molecule has 2 aromatic carbocycles. The van der Waals surface area contributed by atoms with Crippen LogP contribution in [0.2, 0.25) is 0 Å². The van der Waals surface area contributed by atoms with Gasteiger partial charge >= 0.3 is 5.97 Å². The van der Waals surface area contributed by atoms with Crippen LogP contribution in [0.5, 0.6) is 11.5 Å². The summed E-state index contributed by atoms with van der Waals surface area (Å²) in [5, 5.41) is 11.6. The maximum Gasteiger partial charge on any atom is 0.335 e. The molecule has 0 atom stereocenters. The molecule has 0 aromatic heterocycles. The number of ether oxygens (including phenoxy) is 2. The number of aromatic carboxylic acids is 1. The highest BCUT2D eigenvalue weighted by atomic mass is 16.5. The number of hydrogen-bond donors (Lipinski definition) is 2. The van der Waals surface area contributed by atoms with Crippen LogP contribution in [0.15, 0.2) is 48.5 Å². The van der Waals surface area contributed by atoms with Crippen molar-refractivity contribution in [3.8, 4) is 11.5 Å². The van der Waals surface area contributed by atoms with Gasteiger partial charge < -0.3 is 19.9 Å². The molecule has 0 aliphatic rings. The minimum atomic E-state index is -0.953. The lowest BCUT2D eigenvalue weighted by molar-refractivity contribution is -0.123. The van der Waals surface area contributed by atoms with Gasteiger partial charge in [0.15, 0.2) is 6.61 Å². The zero-order chi connectivity index (χ0) is 18.1. The van der Waals surface area contributed by atoms with Crippen molar-refractivity contribution < 1.29 is 24.2 Å². The number of hydrogen-bond acceptors (Lipinski definition) is 4. The Morgan fingerprint density at radius 3 is 2.12 bits per heavy atom. The Morgan fingerprint density at radius 2 is 1.56 bits per heavy atom. The number of carbonyl (C=O) groups excluding carboxylic acids is 1. The number of benzene rings is 2. The van der Waals surface area contributed by atoms with Crippen molar-refractivity contribution in [1.29, 1.82) is 0 Å². The Labute approximate surface area is 146 Å². The molecule has 0 heterocycles. The summed E-state index contributed by atoms with van der Waals surface area (Å²) in [5.41, 5.74) is 1.20. The molecule has 0 aliphatic heterocycles. The fourth-order valence-electron chi connectivity index (χ4n) is 2.16. The first kappa shape index (κ1) is 18.3. The number of carboxylic acids is 1. The second kappa shape index (κ2) is 9.32. The molecule has 0 spiro atoms. The van der Waals surface area contributed by atoms with E-state index in [-0.39, 0.29) is 18.1 Å². The second-order valence-electron chi connectivity index (χ2n) is 5.30. The van der Waals surface area contributed by atoms with Gasteiger partial charge in [0.05, 0.1) is 12.2 Å². The van der Waals surface area contributed by atoms with E-state index >= 15 is 0 Å². The average molecular weight is 343 g/mol. The molecule has 0 unspecified atom stereocenters. The van der Waals surface area contributed by atoms with E-state index in [2.05, 4.69) is 5.32 Å². The molecular formula is C19H21NO5. The third kappa shape index (κ3) is 6.18. The molecule has 2 N–H and O–H groups in total. The molecule has 2 rings (SSSR count). The third-order valence-corrected chi connectivity index (χ3v) is 3.44. The molecule has 132 valence electrons. The zero-order valence-electron chi connectivity index (χ0n) is 14.0. The molecule has 6 nitrogen and oxygen atoms in total. The van der Waals surface area contributed by atoms with Gasteiger partial charge in [-0.3, -0.25) is 4.79 Å². The molecule has 0 bridgehead atoms. The maximum absolute atomic E-state index is 11.8. The van der Waals surface area contributed by atoms with Gasteiger partial charge in [0.1, 0.15) is 11.5 Å². The van der Waals surface area contributed by atoms with Gasteiger partial charge in [-0.05, 0) is 55.3 Å². The van der Waals surface area contributed by atoms with E-state index in [0.717, 1.165) is 11.3 Å². The van der Waals surface area contributed by atoms with Crippen molar-refractivity contribution in [2.75, 3.05) is 19.8 Å². The lowest BCUT2D eigenvalue weighted by Gasteiger charge is -2.09. The first-order chi connectivity index (χ1) is 12.1. The summed E-state index contributed by atoms with van der Waals surface area (Å²) >= 11 is 0. The standard InChI is InChI=1S/C19H21NO5/c1-2-24-16-7-9-17(10-8-16)25-13-18(21)20-12-11-14-3-5-15(6-4-14)19(22)23/h3-10H,2,11-13H2,1H3,(H,20,21)(H,22,23). The molecule has 25 heavy (non-hydrogen) atoms. The Kier molecular flexibility index (Phi) is 6.83. The highest BCUT2D eigenvalue weighted by Crippen LogP contribution is 2.17. The fourth-order valence-corrected chi connectivity index (χ4v) is 2.16. The SMILES string of the molecule is CCOc1ccc(OCC(=O)NCCc2ccc(C(=O)O)cc2)cc1. The average Bonchev–Trinajstić information content (AvgIpc) is 2.62. The number of rotatable bonds is 9. The number of carbonyl (C=O) groups is 2. The van der Waals surface area contributed by atoms with Crippen molar-refractivity contribution in [2.45, 2.75) is 13.3 Å². The van der Waals surface area contributed by atoms with Crippen LogP contribution in [0, 0.1) is 0 Å². The van der Waals surface area contributed by atoms with E-state index in [1.807, 2.05) is 6.92 Å². The van der Waals surface area contributed by atoms with Crippen LogP contribution in [0.1, 0.15) is 22.8 Å².